The standard InChI is InChI=1S/C13H26N2/c1-10-9-15(11(2)8-14-10)12-5-6-13(3,4)7-12/h10-12,14H,5-9H2,1-4H3. The lowest BCUT2D eigenvalue weighted by Crippen LogP contribution is -2.57. The van der Waals surface area contributed by atoms with Crippen LogP contribution in [0.25, 0.3) is 0 Å². The molecule has 2 rings (SSSR count). The minimum atomic E-state index is 0.582. The molecule has 0 aromatic carbocycles. The highest BCUT2D eigenvalue weighted by atomic mass is 15.3. The van der Waals surface area contributed by atoms with Gasteiger partial charge in [0.15, 0.2) is 0 Å². The average Bonchev–Trinajstić information content (AvgIpc) is 2.50. The smallest absolute Gasteiger partial charge is 0.0196 e. The number of hydrogen-bond acceptors (Lipinski definition) is 2. The van der Waals surface area contributed by atoms with Gasteiger partial charge in [0, 0.05) is 31.2 Å². The second kappa shape index (κ2) is 4.06. The quantitative estimate of drug-likeness (QED) is 0.714. The number of piperazine rings is 1. The van der Waals surface area contributed by atoms with E-state index in [0.717, 1.165) is 18.6 Å². The maximum absolute atomic E-state index is 3.56. The SMILES string of the molecule is CC1CN(C2CCC(C)(C)C2)C(C)CN1. The summed E-state index contributed by atoms with van der Waals surface area (Å²) in [6.45, 7) is 11.9. The van der Waals surface area contributed by atoms with E-state index in [2.05, 4.69) is 37.9 Å². The van der Waals surface area contributed by atoms with Crippen LogP contribution in [0.15, 0.2) is 0 Å². The van der Waals surface area contributed by atoms with Crippen molar-refractivity contribution < 1.29 is 0 Å². The molecule has 0 radical (unpaired) electrons. The van der Waals surface area contributed by atoms with Crippen molar-refractivity contribution in [3.05, 3.63) is 0 Å². The first kappa shape index (κ1) is 11.4. The van der Waals surface area contributed by atoms with Crippen LogP contribution in [0.5, 0.6) is 0 Å². The molecule has 2 aliphatic rings. The fraction of sp³-hybridized carbons (Fsp3) is 1.00. The summed E-state index contributed by atoms with van der Waals surface area (Å²) in [6, 6.07) is 2.24. The Hall–Kier alpha value is -0.0800. The van der Waals surface area contributed by atoms with Crippen LogP contribution >= 0.6 is 0 Å². The Morgan fingerprint density at radius 3 is 2.60 bits per heavy atom. The molecule has 88 valence electrons. The minimum Gasteiger partial charge on any atom is -0.311 e. The lowest BCUT2D eigenvalue weighted by Gasteiger charge is -2.41. The van der Waals surface area contributed by atoms with Gasteiger partial charge in [-0.25, -0.2) is 0 Å². The molecule has 3 unspecified atom stereocenters. The second-order valence-corrected chi connectivity index (χ2v) is 6.42. The maximum atomic E-state index is 3.56. The van der Waals surface area contributed by atoms with E-state index in [4.69, 9.17) is 0 Å². The van der Waals surface area contributed by atoms with Crippen LogP contribution in [-0.2, 0) is 0 Å². The van der Waals surface area contributed by atoms with Crippen LogP contribution < -0.4 is 5.32 Å². The molecule has 0 aromatic rings. The lowest BCUT2D eigenvalue weighted by molar-refractivity contribution is 0.0920. The summed E-state index contributed by atoms with van der Waals surface area (Å²) in [6.07, 6.45) is 4.21. The molecule has 2 fully saturated rings. The molecule has 1 aliphatic heterocycles. The summed E-state index contributed by atoms with van der Waals surface area (Å²) in [5.41, 5.74) is 0.582. The zero-order valence-electron chi connectivity index (χ0n) is 10.7. The third kappa shape index (κ3) is 2.54. The third-order valence-corrected chi connectivity index (χ3v) is 4.22. The highest BCUT2D eigenvalue weighted by Crippen LogP contribution is 2.40. The van der Waals surface area contributed by atoms with E-state index >= 15 is 0 Å². The van der Waals surface area contributed by atoms with Crippen LogP contribution in [0.4, 0.5) is 0 Å². The van der Waals surface area contributed by atoms with Gasteiger partial charge in [0.1, 0.15) is 0 Å². The first-order valence-electron chi connectivity index (χ1n) is 6.47. The Morgan fingerprint density at radius 1 is 1.27 bits per heavy atom. The minimum absolute atomic E-state index is 0.582. The molecule has 1 N–H and O–H groups in total. The average molecular weight is 210 g/mol. The third-order valence-electron chi connectivity index (χ3n) is 4.22. The fourth-order valence-corrected chi connectivity index (χ4v) is 3.24. The van der Waals surface area contributed by atoms with E-state index in [1.54, 1.807) is 0 Å². The molecular formula is C13H26N2. The first-order chi connectivity index (χ1) is 6.98. The summed E-state index contributed by atoms with van der Waals surface area (Å²) in [5.74, 6) is 0. The number of rotatable bonds is 1. The molecule has 1 aliphatic carbocycles. The van der Waals surface area contributed by atoms with E-state index in [1.165, 1.54) is 25.8 Å². The highest BCUT2D eigenvalue weighted by Gasteiger charge is 2.37. The summed E-state index contributed by atoms with van der Waals surface area (Å²) >= 11 is 0. The van der Waals surface area contributed by atoms with Crippen LogP contribution in [-0.4, -0.2) is 36.1 Å². The van der Waals surface area contributed by atoms with E-state index < -0.39 is 0 Å². The molecular weight excluding hydrogens is 184 g/mol. The second-order valence-electron chi connectivity index (χ2n) is 6.42. The molecule has 1 heterocycles. The molecule has 0 aromatic heterocycles. The zero-order chi connectivity index (χ0) is 11.1. The molecule has 2 heteroatoms. The van der Waals surface area contributed by atoms with Gasteiger partial charge < -0.3 is 5.32 Å². The van der Waals surface area contributed by atoms with Gasteiger partial charge >= 0.3 is 0 Å². The highest BCUT2D eigenvalue weighted by molar-refractivity contribution is 4.93. The molecule has 0 spiro atoms. The Morgan fingerprint density at radius 2 is 2.00 bits per heavy atom. The van der Waals surface area contributed by atoms with Crippen LogP contribution in [0, 0.1) is 5.41 Å². The van der Waals surface area contributed by atoms with E-state index in [-0.39, 0.29) is 0 Å². The van der Waals surface area contributed by atoms with Gasteiger partial charge in [-0.15, -0.1) is 0 Å². The van der Waals surface area contributed by atoms with Gasteiger partial charge in [-0.05, 0) is 38.5 Å². The van der Waals surface area contributed by atoms with Crippen molar-refractivity contribution in [2.24, 2.45) is 5.41 Å². The molecule has 2 nitrogen and oxygen atoms in total. The Labute approximate surface area is 94.4 Å². The molecule has 0 amide bonds. The van der Waals surface area contributed by atoms with Crippen molar-refractivity contribution in [1.82, 2.24) is 10.2 Å². The van der Waals surface area contributed by atoms with E-state index in [1.807, 2.05) is 0 Å². The first-order valence-corrected chi connectivity index (χ1v) is 6.47. The Kier molecular flexibility index (Phi) is 3.09. The predicted octanol–water partition coefficient (Wildman–Crippen LogP) is 2.25. The normalized spacial score (nSPS) is 42.0. The van der Waals surface area contributed by atoms with Gasteiger partial charge in [-0.3, -0.25) is 4.90 Å². The van der Waals surface area contributed by atoms with Crippen molar-refractivity contribution >= 4 is 0 Å². The maximum Gasteiger partial charge on any atom is 0.0196 e. The van der Waals surface area contributed by atoms with Crippen molar-refractivity contribution in [2.45, 2.75) is 65.1 Å². The van der Waals surface area contributed by atoms with Crippen molar-refractivity contribution in [3.63, 3.8) is 0 Å². The number of hydrogen-bond donors (Lipinski definition) is 1. The van der Waals surface area contributed by atoms with Crippen LogP contribution in [0.2, 0.25) is 0 Å². The number of nitrogens with zero attached hydrogens (tertiary/aromatic N) is 1. The Bertz CT molecular complexity index is 225. The van der Waals surface area contributed by atoms with E-state index in [9.17, 15) is 0 Å². The molecule has 3 atom stereocenters. The molecule has 15 heavy (non-hydrogen) atoms. The molecule has 1 saturated carbocycles. The van der Waals surface area contributed by atoms with Gasteiger partial charge in [-0.2, -0.15) is 0 Å². The number of nitrogens with one attached hydrogen (secondary N) is 1. The van der Waals surface area contributed by atoms with Crippen LogP contribution in [0.3, 0.4) is 0 Å². The summed E-state index contributed by atoms with van der Waals surface area (Å²) in [4.78, 5) is 2.75. The fourth-order valence-electron chi connectivity index (χ4n) is 3.24. The molecule has 1 saturated heterocycles. The van der Waals surface area contributed by atoms with Crippen molar-refractivity contribution in [2.75, 3.05) is 13.1 Å². The monoisotopic (exact) mass is 210 g/mol. The van der Waals surface area contributed by atoms with Gasteiger partial charge in [0.05, 0.1) is 0 Å². The zero-order valence-corrected chi connectivity index (χ0v) is 10.7. The van der Waals surface area contributed by atoms with Gasteiger partial charge in [-0.1, -0.05) is 13.8 Å². The summed E-state index contributed by atoms with van der Waals surface area (Å²) in [7, 11) is 0. The topological polar surface area (TPSA) is 15.3 Å². The largest absolute Gasteiger partial charge is 0.311 e. The van der Waals surface area contributed by atoms with Crippen molar-refractivity contribution in [1.29, 1.82) is 0 Å². The Balaban J connectivity index is 1.97. The molecule has 0 bridgehead atoms. The lowest BCUT2D eigenvalue weighted by atomic mass is 9.91. The van der Waals surface area contributed by atoms with Gasteiger partial charge in [0.2, 0.25) is 0 Å². The summed E-state index contributed by atoms with van der Waals surface area (Å²) in [5, 5.41) is 3.56. The van der Waals surface area contributed by atoms with E-state index in [0.29, 0.717) is 11.5 Å². The van der Waals surface area contributed by atoms with Crippen LogP contribution in [0.1, 0.15) is 47.0 Å². The summed E-state index contributed by atoms with van der Waals surface area (Å²) < 4.78 is 0. The van der Waals surface area contributed by atoms with Gasteiger partial charge in [0.25, 0.3) is 0 Å². The van der Waals surface area contributed by atoms with Crippen molar-refractivity contribution in [3.8, 4) is 0 Å². The predicted molar refractivity (Wildman–Crippen MR) is 65.1 cm³/mol.